The van der Waals surface area contributed by atoms with Gasteiger partial charge in [-0.2, -0.15) is 0 Å². The minimum atomic E-state index is -0.706. The molecule has 3 aliphatic heterocycles. The van der Waals surface area contributed by atoms with E-state index in [-0.39, 0.29) is 18.0 Å². The summed E-state index contributed by atoms with van der Waals surface area (Å²) in [4.78, 5) is 41.5. The van der Waals surface area contributed by atoms with E-state index in [1.807, 2.05) is 23.1 Å². The Kier molecular flexibility index (Phi) is 5.13. The van der Waals surface area contributed by atoms with Gasteiger partial charge in [0.2, 0.25) is 5.91 Å². The molecule has 2 amide bonds. The zero-order valence-corrected chi connectivity index (χ0v) is 20.0. The molecule has 2 saturated heterocycles. The first-order valence-corrected chi connectivity index (χ1v) is 12.5. The summed E-state index contributed by atoms with van der Waals surface area (Å²) in [6, 6.07) is 16.1. The van der Waals surface area contributed by atoms with Crippen LogP contribution in [0.25, 0.3) is 0 Å². The molecule has 3 heterocycles. The molecular weight excluding hydrogens is 444 g/mol. The molecule has 0 radical (unpaired) electrons. The van der Waals surface area contributed by atoms with Crippen molar-refractivity contribution in [3.63, 3.8) is 0 Å². The van der Waals surface area contributed by atoms with E-state index in [1.165, 1.54) is 12.7 Å². The Labute approximate surface area is 205 Å². The fourth-order valence-corrected chi connectivity index (χ4v) is 6.26. The highest BCUT2D eigenvalue weighted by atomic mass is 16.6. The number of amides is 2. The minimum absolute atomic E-state index is 0.147. The smallest absolute Gasteiger partial charge is 0.409 e. The van der Waals surface area contributed by atoms with Gasteiger partial charge in [-0.25, -0.2) is 9.59 Å². The van der Waals surface area contributed by atoms with E-state index in [0.717, 1.165) is 36.8 Å². The van der Waals surface area contributed by atoms with Crippen molar-refractivity contribution < 1.29 is 23.9 Å². The summed E-state index contributed by atoms with van der Waals surface area (Å²) in [6.07, 6.45) is 3.90. The molecule has 1 aliphatic carbocycles. The Balaban J connectivity index is 1.15. The maximum Gasteiger partial charge on any atom is 0.409 e. The molecule has 3 fully saturated rings. The molecule has 0 bridgehead atoms. The lowest BCUT2D eigenvalue weighted by atomic mass is 9.86. The van der Waals surface area contributed by atoms with Crippen LogP contribution in [0.5, 0.6) is 0 Å². The van der Waals surface area contributed by atoms with Crippen LogP contribution in [0.2, 0.25) is 0 Å². The number of esters is 1. The lowest BCUT2D eigenvalue weighted by Gasteiger charge is -2.31. The molecule has 1 unspecified atom stereocenters. The lowest BCUT2D eigenvalue weighted by molar-refractivity contribution is -0.134. The van der Waals surface area contributed by atoms with Gasteiger partial charge in [0.15, 0.2) is 5.60 Å². The highest BCUT2D eigenvalue weighted by molar-refractivity contribution is 5.96. The minimum Gasteiger partial charge on any atom is -0.453 e. The predicted octanol–water partition coefficient (Wildman–Crippen LogP) is 3.96. The molecule has 0 N–H and O–H groups in total. The molecule has 1 atom stereocenters. The van der Waals surface area contributed by atoms with Crippen molar-refractivity contribution in [3.05, 3.63) is 70.8 Å². The zero-order chi connectivity index (χ0) is 24.2. The summed E-state index contributed by atoms with van der Waals surface area (Å²) in [5, 5.41) is 0. The molecule has 7 nitrogen and oxygen atoms in total. The van der Waals surface area contributed by atoms with Crippen molar-refractivity contribution in [2.24, 2.45) is 0 Å². The first-order valence-electron chi connectivity index (χ1n) is 12.5. The van der Waals surface area contributed by atoms with Crippen molar-refractivity contribution in [1.29, 1.82) is 0 Å². The fourth-order valence-electron chi connectivity index (χ4n) is 6.26. The largest absolute Gasteiger partial charge is 0.453 e. The van der Waals surface area contributed by atoms with Crippen LogP contribution in [0.1, 0.15) is 65.1 Å². The molecular formula is C28H30N2O5. The number of likely N-dealkylation sites (tertiary alicyclic amines) is 2. The number of carbonyl (C=O) groups is 3. The number of ether oxygens (including phenoxy) is 2. The summed E-state index contributed by atoms with van der Waals surface area (Å²) in [6.45, 7) is 2.42. The highest BCUT2D eigenvalue weighted by Crippen LogP contribution is 2.52. The quantitative estimate of drug-likeness (QED) is 0.630. The van der Waals surface area contributed by atoms with Crippen LogP contribution < -0.4 is 0 Å². The molecule has 0 aromatic heterocycles. The van der Waals surface area contributed by atoms with Crippen LogP contribution in [0.15, 0.2) is 48.5 Å². The molecule has 6 rings (SSSR count). The number of benzene rings is 2. The topological polar surface area (TPSA) is 76.2 Å². The first kappa shape index (κ1) is 22.1. The number of hydrogen-bond acceptors (Lipinski definition) is 5. The standard InChI is InChI=1S/C28H30N2O5/c1-34-26(33)29-15-10-20(11-16-29)19-6-8-21(9-7-19)27(12-13-27)25(32)30-17-14-28(18-30)23-5-3-2-4-22(23)24(31)35-28/h2-9,20H,10-18H2,1H3. The van der Waals surface area contributed by atoms with Crippen molar-refractivity contribution >= 4 is 18.0 Å². The monoisotopic (exact) mass is 474 g/mol. The maximum absolute atomic E-state index is 13.7. The van der Waals surface area contributed by atoms with Crippen LogP contribution in [-0.4, -0.2) is 61.1 Å². The zero-order valence-electron chi connectivity index (χ0n) is 20.0. The molecule has 4 aliphatic rings. The molecule has 182 valence electrons. The van der Waals surface area contributed by atoms with Crippen molar-refractivity contribution in [2.75, 3.05) is 33.3 Å². The number of carbonyl (C=O) groups excluding carboxylic acids is 3. The second-order valence-corrected chi connectivity index (χ2v) is 10.3. The Morgan fingerprint density at radius 2 is 1.66 bits per heavy atom. The van der Waals surface area contributed by atoms with Gasteiger partial charge in [0, 0.05) is 31.6 Å². The third kappa shape index (κ3) is 3.51. The molecule has 1 spiro atoms. The maximum atomic E-state index is 13.7. The molecule has 35 heavy (non-hydrogen) atoms. The van der Waals surface area contributed by atoms with Gasteiger partial charge >= 0.3 is 12.1 Å². The van der Waals surface area contributed by atoms with Crippen molar-refractivity contribution in [1.82, 2.24) is 9.80 Å². The van der Waals surface area contributed by atoms with Crippen molar-refractivity contribution in [3.8, 4) is 0 Å². The number of hydrogen-bond donors (Lipinski definition) is 0. The summed E-state index contributed by atoms with van der Waals surface area (Å²) in [5.74, 6) is 0.268. The predicted molar refractivity (Wildman–Crippen MR) is 128 cm³/mol. The molecule has 2 aromatic carbocycles. The van der Waals surface area contributed by atoms with E-state index >= 15 is 0 Å². The first-order chi connectivity index (χ1) is 17.0. The summed E-state index contributed by atoms with van der Waals surface area (Å²) in [7, 11) is 1.42. The average Bonchev–Trinajstić information content (AvgIpc) is 3.54. The van der Waals surface area contributed by atoms with Gasteiger partial charge in [-0.3, -0.25) is 4.79 Å². The van der Waals surface area contributed by atoms with E-state index < -0.39 is 11.0 Å². The molecule has 2 aromatic rings. The SMILES string of the molecule is COC(=O)N1CCC(c2ccc(C3(C(=O)N4CCC5(C4)OC(=O)c4ccccc45)CC3)cc2)CC1. The normalized spacial score (nSPS) is 24.9. The van der Waals surface area contributed by atoms with Gasteiger partial charge in [0.05, 0.1) is 24.6 Å². The van der Waals surface area contributed by atoms with Gasteiger partial charge in [-0.1, -0.05) is 42.5 Å². The Morgan fingerprint density at radius 3 is 2.34 bits per heavy atom. The number of methoxy groups -OCH3 is 1. The van der Waals surface area contributed by atoms with E-state index in [4.69, 9.17) is 9.47 Å². The van der Waals surface area contributed by atoms with E-state index in [2.05, 4.69) is 24.3 Å². The van der Waals surface area contributed by atoms with Crippen LogP contribution in [0, 0.1) is 0 Å². The Bertz CT molecular complexity index is 1180. The fraction of sp³-hybridized carbons (Fsp3) is 0.464. The van der Waals surface area contributed by atoms with Gasteiger partial charge in [0.1, 0.15) is 0 Å². The lowest BCUT2D eigenvalue weighted by Crippen LogP contribution is -2.40. The van der Waals surface area contributed by atoms with Gasteiger partial charge < -0.3 is 19.3 Å². The number of nitrogens with zero attached hydrogens (tertiary/aromatic N) is 2. The van der Waals surface area contributed by atoms with Gasteiger partial charge in [0.25, 0.3) is 0 Å². The van der Waals surface area contributed by atoms with Crippen LogP contribution >= 0.6 is 0 Å². The van der Waals surface area contributed by atoms with Crippen LogP contribution in [-0.2, 0) is 25.3 Å². The molecule has 1 saturated carbocycles. The number of piperidine rings is 1. The van der Waals surface area contributed by atoms with Crippen LogP contribution in [0.3, 0.4) is 0 Å². The van der Waals surface area contributed by atoms with Crippen LogP contribution in [0.4, 0.5) is 4.79 Å². The third-order valence-corrected chi connectivity index (χ3v) is 8.47. The molecule has 7 heteroatoms. The second kappa shape index (κ2) is 8.11. The summed E-state index contributed by atoms with van der Waals surface area (Å²) >= 11 is 0. The number of rotatable bonds is 3. The van der Waals surface area contributed by atoms with E-state index in [0.29, 0.717) is 44.1 Å². The highest BCUT2D eigenvalue weighted by Gasteiger charge is 2.57. The van der Waals surface area contributed by atoms with Gasteiger partial charge in [-0.05, 0) is 48.8 Å². The van der Waals surface area contributed by atoms with E-state index in [9.17, 15) is 14.4 Å². The summed E-state index contributed by atoms with van der Waals surface area (Å²) < 4.78 is 10.7. The van der Waals surface area contributed by atoms with Crippen molar-refractivity contribution in [2.45, 2.75) is 49.0 Å². The Hall–Kier alpha value is -3.35. The van der Waals surface area contributed by atoms with Gasteiger partial charge in [-0.15, -0.1) is 0 Å². The summed E-state index contributed by atoms with van der Waals surface area (Å²) in [5.41, 5.74) is 2.70. The second-order valence-electron chi connectivity index (χ2n) is 10.3. The number of fused-ring (bicyclic) bond motifs is 2. The van der Waals surface area contributed by atoms with E-state index in [1.54, 1.807) is 11.0 Å². The Morgan fingerprint density at radius 1 is 0.943 bits per heavy atom. The third-order valence-electron chi connectivity index (χ3n) is 8.47. The average molecular weight is 475 g/mol.